The van der Waals surface area contributed by atoms with Crippen LogP contribution in [0.2, 0.25) is 0 Å². The van der Waals surface area contributed by atoms with Gasteiger partial charge in [-0.1, -0.05) is 58.4 Å². The molecule has 0 N–H and O–H groups in total. The van der Waals surface area contributed by atoms with Crippen molar-refractivity contribution < 1.29 is 13.9 Å². The van der Waals surface area contributed by atoms with Gasteiger partial charge in [-0.15, -0.1) is 0 Å². The van der Waals surface area contributed by atoms with Gasteiger partial charge in [0.15, 0.2) is 5.43 Å². The highest BCUT2D eigenvalue weighted by atomic mass is 79.9. The molecule has 0 saturated heterocycles. The number of nitrogens with zero attached hydrogens (tertiary/aromatic N) is 1. The maximum absolute atomic E-state index is 13.6. The molecule has 5 nitrogen and oxygen atoms in total. The minimum atomic E-state index is -0.545. The van der Waals surface area contributed by atoms with Crippen LogP contribution in [0, 0.1) is 0 Å². The average Bonchev–Trinajstić information content (AvgIpc) is 3.10. The van der Waals surface area contributed by atoms with E-state index in [4.69, 9.17) is 9.15 Å². The zero-order valence-corrected chi connectivity index (χ0v) is 19.0. The van der Waals surface area contributed by atoms with Crippen molar-refractivity contribution in [1.29, 1.82) is 0 Å². The van der Waals surface area contributed by atoms with Crippen LogP contribution in [0.4, 0.5) is 0 Å². The van der Waals surface area contributed by atoms with Crippen molar-refractivity contribution in [2.24, 2.45) is 0 Å². The van der Waals surface area contributed by atoms with Crippen molar-refractivity contribution >= 4 is 32.8 Å². The Morgan fingerprint density at radius 1 is 1.00 bits per heavy atom. The van der Waals surface area contributed by atoms with E-state index in [1.54, 1.807) is 30.2 Å². The number of halogens is 1. The number of ether oxygens (including phenoxy) is 1. The lowest BCUT2D eigenvalue weighted by atomic mass is 9.98. The largest absolute Gasteiger partial charge is 0.497 e. The molecule has 0 radical (unpaired) electrons. The molecule has 1 amide bonds. The number of methoxy groups -OCH3 is 1. The molecule has 1 aromatic heterocycles. The van der Waals surface area contributed by atoms with E-state index in [2.05, 4.69) is 15.9 Å². The summed E-state index contributed by atoms with van der Waals surface area (Å²) >= 11 is 3.43. The molecule has 0 bridgehead atoms. The van der Waals surface area contributed by atoms with Gasteiger partial charge >= 0.3 is 0 Å². The van der Waals surface area contributed by atoms with Crippen LogP contribution in [0.15, 0.2) is 86.5 Å². The molecule has 0 saturated carbocycles. The molecule has 1 unspecified atom stereocenters. The summed E-state index contributed by atoms with van der Waals surface area (Å²) in [5.74, 6) is 0.510. The van der Waals surface area contributed by atoms with Gasteiger partial charge < -0.3 is 14.1 Å². The van der Waals surface area contributed by atoms with Gasteiger partial charge in [-0.05, 0) is 47.9 Å². The van der Waals surface area contributed by atoms with Crippen LogP contribution in [0.5, 0.6) is 5.75 Å². The highest BCUT2D eigenvalue weighted by Gasteiger charge is 2.42. The lowest BCUT2D eigenvalue weighted by Gasteiger charge is -2.25. The minimum absolute atomic E-state index is 0.116. The number of hydrogen-bond acceptors (Lipinski definition) is 4. The topological polar surface area (TPSA) is 59.8 Å². The Morgan fingerprint density at radius 3 is 2.59 bits per heavy atom. The first-order valence-electron chi connectivity index (χ1n) is 10.3. The van der Waals surface area contributed by atoms with E-state index in [1.807, 2.05) is 54.6 Å². The Bertz CT molecular complexity index is 1380. The molecular weight excluding hydrogens is 470 g/mol. The van der Waals surface area contributed by atoms with Gasteiger partial charge in [-0.2, -0.15) is 0 Å². The van der Waals surface area contributed by atoms with Crippen molar-refractivity contribution in [3.05, 3.63) is 110 Å². The van der Waals surface area contributed by atoms with Crippen LogP contribution in [-0.2, 0) is 6.42 Å². The molecule has 4 aromatic rings. The second-order valence-electron chi connectivity index (χ2n) is 7.73. The molecule has 160 valence electrons. The molecule has 1 atom stereocenters. The molecule has 0 aliphatic carbocycles. The Kier molecular flexibility index (Phi) is 5.31. The van der Waals surface area contributed by atoms with Gasteiger partial charge in [0.05, 0.1) is 24.1 Å². The van der Waals surface area contributed by atoms with Crippen LogP contribution >= 0.6 is 15.9 Å². The lowest BCUT2D eigenvalue weighted by Crippen LogP contribution is -2.31. The summed E-state index contributed by atoms with van der Waals surface area (Å²) in [4.78, 5) is 28.8. The van der Waals surface area contributed by atoms with Crippen LogP contribution in [0.1, 0.15) is 33.3 Å². The maximum Gasteiger partial charge on any atom is 0.290 e. The smallest absolute Gasteiger partial charge is 0.290 e. The Balaban J connectivity index is 1.67. The molecular formula is C26H20BrNO4. The Hall–Kier alpha value is -3.38. The number of benzene rings is 3. The number of carbonyl (C=O) groups is 1. The zero-order valence-electron chi connectivity index (χ0n) is 17.4. The molecule has 0 fully saturated rings. The summed E-state index contributed by atoms with van der Waals surface area (Å²) < 4.78 is 12.2. The SMILES string of the molecule is COc1cccc(C2c3c(oc4ccc(Br)cc4c3=O)C(=O)N2CCc2ccccc2)c1. The fraction of sp³-hybridized carbons (Fsp3) is 0.154. The quantitative estimate of drug-likeness (QED) is 0.379. The number of rotatable bonds is 5. The first kappa shape index (κ1) is 20.5. The fourth-order valence-electron chi connectivity index (χ4n) is 4.28. The van der Waals surface area contributed by atoms with E-state index in [-0.39, 0.29) is 17.1 Å². The minimum Gasteiger partial charge on any atom is -0.497 e. The number of carbonyl (C=O) groups excluding carboxylic acids is 1. The van der Waals surface area contributed by atoms with E-state index in [9.17, 15) is 9.59 Å². The Morgan fingerprint density at radius 2 is 1.81 bits per heavy atom. The monoisotopic (exact) mass is 489 g/mol. The fourth-order valence-corrected chi connectivity index (χ4v) is 4.64. The van der Waals surface area contributed by atoms with Crippen LogP contribution in [-0.4, -0.2) is 24.5 Å². The highest BCUT2D eigenvalue weighted by molar-refractivity contribution is 9.10. The van der Waals surface area contributed by atoms with E-state index in [0.29, 0.717) is 35.2 Å². The average molecular weight is 490 g/mol. The third-order valence-electron chi connectivity index (χ3n) is 5.82. The van der Waals surface area contributed by atoms with Crippen LogP contribution in [0.25, 0.3) is 11.0 Å². The predicted octanol–water partition coefficient (Wildman–Crippen LogP) is 5.35. The van der Waals surface area contributed by atoms with Gasteiger partial charge in [-0.25, -0.2) is 0 Å². The summed E-state index contributed by atoms with van der Waals surface area (Å²) in [5.41, 5.74) is 2.52. The molecule has 5 rings (SSSR count). The second kappa shape index (κ2) is 8.28. The summed E-state index contributed by atoms with van der Waals surface area (Å²) in [6.07, 6.45) is 0.667. The molecule has 32 heavy (non-hydrogen) atoms. The van der Waals surface area contributed by atoms with Crippen molar-refractivity contribution in [3.63, 3.8) is 0 Å². The molecule has 0 spiro atoms. The molecule has 1 aliphatic heterocycles. The first-order valence-corrected chi connectivity index (χ1v) is 11.1. The third-order valence-corrected chi connectivity index (χ3v) is 6.31. The number of fused-ring (bicyclic) bond motifs is 2. The van der Waals surface area contributed by atoms with Gasteiger partial charge in [0.1, 0.15) is 11.3 Å². The first-order chi connectivity index (χ1) is 15.6. The van der Waals surface area contributed by atoms with Crippen molar-refractivity contribution in [2.45, 2.75) is 12.5 Å². The van der Waals surface area contributed by atoms with Crippen molar-refractivity contribution in [1.82, 2.24) is 4.90 Å². The normalized spacial score (nSPS) is 15.2. The second-order valence-corrected chi connectivity index (χ2v) is 8.64. The number of hydrogen-bond donors (Lipinski definition) is 0. The van der Waals surface area contributed by atoms with E-state index < -0.39 is 6.04 Å². The molecule has 2 heterocycles. The van der Waals surface area contributed by atoms with Gasteiger partial charge in [0.2, 0.25) is 5.76 Å². The summed E-state index contributed by atoms with van der Waals surface area (Å²) in [7, 11) is 1.60. The highest BCUT2D eigenvalue weighted by Crippen LogP contribution is 2.39. The van der Waals surface area contributed by atoms with E-state index in [1.165, 1.54) is 0 Å². The van der Waals surface area contributed by atoms with Gasteiger partial charge in [0.25, 0.3) is 5.91 Å². The lowest BCUT2D eigenvalue weighted by molar-refractivity contribution is 0.0730. The van der Waals surface area contributed by atoms with Crippen molar-refractivity contribution in [3.8, 4) is 5.75 Å². The van der Waals surface area contributed by atoms with Crippen LogP contribution in [0.3, 0.4) is 0 Å². The predicted molar refractivity (Wildman–Crippen MR) is 126 cm³/mol. The van der Waals surface area contributed by atoms with E-state index in [0.717, 1.165) is 15.6 Å². The van der Waals surface area contributed by atoms with E-state index >= 15 is 0 Å². The van der Waals surface area contributed by atoms with Gasteiger partial charge in [-0.3, -0.25) is 9.59 Å². The van der Waals surface area contributed by atoms with Crippen LogP contribution < -0.4 is 10.2 Å². The Labute approximate surface area is 193 Å². The standard InChI is InChI=1S/C26H20BrNO4/c1-31-19-9-5-8-17(14-19)23-22-24(29)20-15-18(27)10-11-21(20)32-25(22)26(30)28(23)13-12-16-6-3-2-4-7-16/h2-11,14-15,23H,12-13H2,1H3. The third kappa shape index (κ3) is 3.50. The summed E-state index contributed by atoms with van der Waals surface area (Å²) in [6.45, 7) is 0.453. The maximum atomic E-state index is 13.6. The molecule has 6 heteroatoms. The number of amides is 1. The van der Waals surface area contributed by atoms with Gasteiger partial charge in [0, 0.05) is 11.0 Å². The zero-order chi connectivity index (χ0) is 22.2. The van der Waals surface area contributed by atoms with Crippen molar-refractivity contribution in [2.75, 3.05) is 13.7 Å². The summed E-state index contributed by atoms with van der Waals surface area (Å²) in [5, 5.41) is 0.448. The molecule has 3 aromatic carbocycles. The summed E-state index contributed by atoms with van der Waals surface area (Å²) in [6, 6.07) is 22.2. The molecule has 1 aliphatic rings.